The highest BCUT2D eigenvalue weighted by Gasteiger charge is 2.33. The summed E-state index contributed by atoms with van der Waals surface area (Å²) < 4.78 is 46.6. The van der Waals surface area contributed by atoms with Crippen molar-refractivity contribution < 1.29 is 23.0 Å². The van der Waals surface area contributed by atoms with Gasteiger partial charge >= 0.3 is 6.18 Å². The normalized spacial score (nSPS) is 16.9. The van der Waals surface area contributed by atoms with Crippen LogP contribution in [0.15, 0.2) is 66.7 Å². The molecule has 1 N–H and O–H groups in total. The van der Waals surface area contributed by atoms with E-state index in [1.807, 2.05) is 30.3 Å². The van der Waals surface area contributed by atoms with E-state index in [-0.39, 0.29) is 17.2 Å². The van der Waals surface area contributed by atoms with Gasteiger partial charge < -0.3 is 14.7 Å². The molecule has 1 fully saturated rings. The number of nitrogens with zero attached hydrogens (tertiary/aromatic N) is 1. The van der Waals surface area contributed by atoms with E-state index in [0.29, 0.717) is 11.8 Å². The third kappa shape index (κ3) is 5.61. The number of ether oxygens (including phenoxy) is 1. The Balaban J connectivity index is 1.29. The van der Waals surface area contributed by atoms with Crippen LogP contribution in [0.2, 0.25) is 0 Å². The van der Waals surface area contributed by atoms with E-state index in [2.05, 4.69) is 4.90 Å². The topological polar surface area (TPSA) is 32.7 Å². The van der Waals surface area contributed by atoms with Crippen molar-refractivity contribution in [3.8, 4) is 5.75 Å². The molecular weight excluding hydrogens is 415 g/mol. The second-order valence-electron chi connectivity index (χ2n) is 8.42. The first kappa shape index (κ1) is 22.6. The number of aliphatic hydroxyl groups excluding tert-OH is 1. The van der Waals surface area contributed by atoms with Gasteiger partial charge in [0.1, 0.15) is 11.9 Å². The summed E-state index contributed by atoms with van der Waals surface area (Å²) in [6.45, 7) is 2.57. The fourth-order valence-corrected chi connectivity index (χ4v) is 4.38. The molecule has 4 rings (SSSR count). The summed E-state index contributed by atoms with van der Waals surface area (Å²) in [5.41, 5.74) is 0.285. The molecule has 0 aliphatic carbocycles. The third-order valence-corrected chi connectivity index (χ3v) is 6.11. The van der Waals surface area contributed by atoms with E-state index in [9.17, 15) is 18.3 Å². The zero-order valence-electron chi connectivity index (χ0n) is 17.9. The standard InChI is InChI=1S/C26H28F3NO2/c27-26(28,29)24-18-22(17-20-9-4-5-10-23(20)24)32-21-12-15-30(16-13-21)14-6-11-25(31)19-7-2-1-3-8-19/h1-5,7-10,17-18,21,25,31H,6,11-16H2. The molecule has 3 aromatic rings. The van der Waals surface area contributed by atoms with Crippen LogP contribution in [0.25, 0.3) is 10.8 Å². The Bertz CT molecular complexity index is 1010. The molecule has 0 bridgehead atoms. The van der Waals surface area contributed by atoms with Crippen molar-refractivity contribution in [2.24, 2.45) is 0 Å². The van der Waals surface area contributed by atoms with Crippen molar-refractivity contribution in [2.75, 3.05) is 19.6 Å². The maximum Gasteiger partial charge on any atom is 0.417 e. The molecule has 0 aromatic heterocycles. The van der Waals surface area contributed by atoms with Gasteiger partial charge in [0.2, 0.25) is 0 Å². The van der Waals surface area contributed by atoms with Gasteiger partial charge in [-0.3, -0.25) is 0 Å². The number of hydrogen-bond acceptors (Lipinski definition) is 3. The Morgan fingerprint density at radius 2 is 1.66 bits per heavy atom. The second-order valence-corrected chi connectivity index (χ2v) is 8.42. The summed E-state index contributed by atoms with van der Waals surface area (Å²) in [7, 11) is 0. The van der Waals surface area contributed by atoms with Crippen molar-refractivity contribution in [3.05, 3.63) is 77.9 Å². The lowest BCUT2D eigenvalue weighted by molar-refractivity contribution is -0.136. The minimum atomic E-state index is -4.42. The van der Waals surface area contributed by atoms with Crippen LogP contribution < -0.4 is 4.74 Å². The second kappa shape index (κ2) is 9.92. The molecule has 1 saturated heterocycles. The molecule has 1 unspecified atom stereocenters. The van der Waals surface area contributed by atoms with Gasteiger partial charge in [0.15, 0.2) is 0 Å². The number of benzene rings is 3. The number of alkyl halides is 3. The zero-order chi connectivity index (χ0) is 22.6. The number of rotatable bonds is 7. The number of aliphatic hydroxyl groups is 1. The van der Waals surface area contributed by atoms with E-state index in [1.165, 1.54) is 6.07 Å². The van der Waals surface area contributed by atoms with Gasteiger partial charge in [-0.25, -0.2) is 0 Å². The van der Waals surface area contributed by atoms with Crippen LogP contribution in [0.4, 0.5) is 13.2 Å². The molecule has 1 atom stereocenters. The molecule has 1 aliphatic heterocycles. The van der Waals surface area contributed by atoms with Gasteiger partial charge in [0, 0.05) is 13.1 Å². The number of fused-ring (bicyclic) bond motifs is 1. The number of likely N-dealkylation sites (tertiary alicyclic amines) is 1. The van der Waals surface area contributed by atoms with Gasteiger partial charge in [0.05, 0.1) is 11.7 Å². The van der Waals surface area contributed by atoms with Crippen molar-refractivity contribution in [1.82, 2.24) is 4.90 Å². The molecule has 0 spiro atoms. The SMILES string of the molecule is OC(CCCN1CCC(Oc2cc(C(F)(F)F)c3ccccc3c2)CC1)c1ccccc1. The summed E-state index contributed by atoms with van der Waals surface area (Å²) in [5.74, 6) is 0.278. The van der Waals surface area contributed by atoms with Crippen LogP contribution in [-0.2, 0) is 6.18 Å². The largest absolute Gasteiger partial charge is 0.490 e. The zero-order valence-corrected chi connectivity index (χ0v) is 17.9. The summed E-state index contributed by atoms with van der Waals surface area (Å²) >= 11 is 0. The van der Waals surface area contributed by atoms with E-state index < -0.39 is 17.8 Å². The molecule has 0 radical (unpaired) electrons. The van der Waals surface area contributed by atoms with Crippen molar-refractivity contribution in [3.63, 3.8) is 0 Å². The molecule has 3 aromatic carbocycles. The average Bonchev–Trinajstić information content (AvgIpc) is 2.79. The van der Waals surface area contributed by atoms with Gasteiger partial charge in [-0.1, -0.05) is 54.6 Å². The highest BCUT2D eigenvalue weighted by atomic mass is 19.4. The van der Waals surface area contributed by atoms with E-state index in [1.54, 1.807) is 24.3 Å². The fraction of sp³-hybridized carbons (Fsp3) is 0.385. The Labute approximate surface area is 186 Å². The highest BCUT2D eigenvalue weighted by molar-refractivity contribution is 5.87. The third-order valence-electron chi connectivity index (χ3n) is 6.11. The lowest BCUT2D eigenvalue weighted by atomic mass is 10.0. The average molecular weight is 444 g/mol. The van der Waals surface area contributed by atoms with Gasteiger partial charge in [0.25, 0.3) is 0 Å². The molecular formula is C26H28F3NO2. The number of hydrogen-bond donors (Lipinski definition) is 1. The van der Waals surface area contributed by atoms with Gasteiger partial charge in [-0.2, -0.15) is 13.2 Å². The smallest absolute Gasteiger partial charge is 0.417 e. The Kier molecular flexibility index (Phi) is 7.01. The lowest BCUT2D eigenvalue weighted by Crippen LogP contribution is -2.38. The number of halogens is 3. The van der Waals surface area contributed by atoms with Crippen molar-refractivity contribution in [1.29, 1.82) is 0 Å². The minimum Gasteiger partial charge on any atom is -0.490 e. The van der Waals surface area contributed by atoms with E-state index >= 15 is 0 Å². The molecule has 1 heterocycles. The number of piperidine rings is 1. The van der Waals surface area contributed by atoms with Crippen LogP contribution in [0.3, 0.4) is 0 Å². The minimum absolute atomic E-state index is 0.0941. The molecule has 170 valence electrons. The van der Waals surface area contributed by atoms with E-state index in [0.717, 1.165) is 50.5 Å². The molecule has 32 heavy (non-hydrogen) atoms. The van der Waals surface area contributed by atoms with Crippen molar-refractivity contribution in [2.45, 2.75) is 44.1 Å². The quantitative estimate of drug-likeness (QED) is 0.471. The van der Waals surface area contributed by atoms with Gasteiger partial charge in [-0.15, -0.1) is 0 Å². The molecule has 1 aliphatic rings. The fourth-order valence-electron chi connectivity index (χ4n) is 4.38. The van der Waals surface area contributed by atoms with Crippen LogP contribution >= 0.6 is 0 Å². The highest BCUT2D eigenvalue weighted by Crippen LogP contribution is 2.38. The van der Waals surface area contributed by atoms with Crippen LogP contribution in [0, 0.1) is 0 Å². The van der Waals surface area contributed by atoms with Crippen LogP contribution in [0.1, 0.15) is 42.9 Å². The van der Waals surface area contributed by atoms with E-state index in [4.69, 9.17) is 4.74 Å². The first-order valence-corrected chi connectivity index (χ1v) is 11.1. The lowest BCUT2D eigenvalue weighted by Gasteiger charge is -2.32. The predicted octanol–water partition coefficient (Wildman–Crippen LogP) is 6.22. The van der Waals surface area contributed by atoms with Crippen molar-refractivity contribution >= 4 is 10.8 Å². The summed E-state index contributed by atoms with van der Waals surface area (Å²) in [4.78, 5) is 2.33. The maximum atomic E-state index is 13.5. The van der Waals surface area contributed by atoms with Crippen LogP contribution in [-0.4, -0.2) is 35.7 Å². The molecule has 0 amide bonds. The molecule has 6 heteroatoms. The van der Waals surface area contributed by atoms with Gasteiger partial charge in [-0.05, 0) is 60.7 Å². The maximum absolute atomic E-state index is 13.5. The summed E-state index contributed by atoms with van der Waals surface area (Å²) in [5, 5.41) is 11.0. The first-order valence-electron chi connectivity index (χ1n) is 11.1. The Morgan fingerprint density at radius 3 is 2.38 bits per heavy atom. The predicted molar refractivity (Wildman–Crippen MR) is 120 cm³/mol. The first-order chi connectivity index (χ1) is 15.4. The molecule has 0 saturated carbocycles. The summed E-state index contributed by atoms with van der Waals surface area (Å²) in [6.07, 6.45) is -1.83. The molecule has 3 nitrogen and oxygen atoms in total. The van der Waals surface area contributed by atoms with Crippen LogP contribution in [0.5, 0.6) is 5.75 Å². The summed E-state index contributed by atoms with van der Waals surface area (Å²) in [6, 6.07) is 19.0. The monoisotopic (exact) mass is 443 g/mol. The Morgan fingerprint density at radius 1 is 0.969 bits per heavy atom. The Hall–Kier alpha value is -2.57.